The first-order valence-corrected chi connectivity index (χ1v) is 8.32. The largest absolute Gasteiger partial charge is 0.367 e. The van der Waals surface area contributed by atoms with Gasteiger partial charge in [-0.15, -0.1) is 11.3 Å². The first kappa shape index (κ1) is 13.0. The zero-order chi connectivity index (χ0) is 13.2. The lowest BCUT2D eigenvalue weighted by Crippen LogP contribution is -2.25. The van der Waals surface area contributed by atoms with Crippen molar-refractivity contribution < 1.29 is 0 Å². The smallest absolute Gasteiger partial charge is 0.240 e. The molecule has 19 heavy (non-hydrogen) atoms. The van der Waals surface area contributed by atoms with Gasteiger partial charge in [-0.05, 0) is 37.3 Å². The van der Waals surface area contributed by atoms with Crippen molar-refractivity contribution in [2.75, 3.05) is 22.2 Å². The third kappa shape index (κ3) is 2.77. The fraction of sp³-hybridized carbons (Fsp3) is 0.500. The summed E-state index contributed by atoms with van der Waals surface area (Å²) in [6.45, 7) is 2.09. The standard InChI is InChI=1S/C12H17N5S2/c1-7-6-9-10(14-8-2-4-18-5-3-8)15-12(17-13)16-11(9)19-7/h6,8H,2-5,13H2,1H3,(H2,14,15,16,17). The molecule has 1 aliphatic heterocycles. The molecule has 1 saturated heterocycles. The van der Waals surface area contributed by atoms with Crippen molar-refractivity contribution >= 4 is 45.1 Å². The molecule has 1 fully saturated rings. The number of nitrogen functional groups attached to an aromatic ring is 1. The molecule has 0 spiro atoms. The van der Waals surface area contributed by atoms with Crippen LogP contribution in [0.15, 0.2) is 6.07 Å². The summed E-state index contributed by atoms with van der Waals surface area (Å²) in [7, 11) is 0. The van der Waals surface area contributed by atoms with Crippen LogP contribution in [-0.4, -0.2) is 27.5 Å². The number of nitrogens with one attached hydrogen (secondary N) is 2. The third-order valence-electron chi connectivity index (χ3n) is 3.21. The Bertz CT molecular complexity index is 577. The van der Waals surface area contributed by atoms with Gasteiger partial charge >= 0.3 is 0 Å². The van der Waals surface area contributed by atoms with Crippen LogP contribution in [-0.2, 0) is 0 Å². The lowest BCUT2D eigenvalue weighted by molar-refractivity contribution is 0.664. The van der Waals surface area contributed by atoms with Crippen molar-refractivity contribution in [3.8, 4) is 0 Å². The van der Waals surface area contributed by atoms with E-state index in [9.17, 15) is 0 Å². The number of hydrazine groups is 1. The number of aromatic nitrogens is 2. The Morgan fingerprint density at radius 2 is 2.11 bits per heavy atom. The lowest BCUT2D eigenvalue weighted by atomic mass is 10.1. The van der Waals surface area contributed by atoms with Crippen molar-refractivity contribution in [3.05, 3.63) is 10.9 Å². The topological polar surface area (TPSA) is 75.9 Å². The fourth-order valence-corrected chi connectivity index (χ4v) is 4.24. The highest BCUT2D eigenvalue weighted by molar-refractivity contribution is 7.99. The van der Waals surface area contributed by atoms with Crippen molar-refractivity contribution in [2.24, 2.45) is 5.84 Å². The van der Waals surface area contributed by atoms with Gasteiger partial charge in [0.25, 0.3) is 0 Å². The number of nitrogens with two attached hydrogens (primary N) is 1. The van der Waals surface area contributed by atoms with Crippen LogP contribution in [0.2, 0.25) is 0 Å². The molecular formula is C12H17N5S2. The maximum absolute atomic E-state index is 5.45. The Morgan fingerprint density at radius 1 is 1.32 bits per heavy atom. The Morgan fingerprint density at radius 3 is 2.84 bits per heavy atom. The summed E-state index contributed by atoms with van der Waals surface area (Å²) in [4.78, 5) is 11.1. The second-order valence-electron chi connectivity index (χ2n) is 4.65. The molecule has 5 nitrogen and oxygen atoms in total. The van der Waals surface area contributed by atoms with Crippen LogP contribution in [0, 0.1) is 6.92 Å². The molecule has 0 bridgehead atoms. The van der Waals surface area contributed by atoms with Crippen LogP contribution in [0.4, 0.5) is 11.8 Å². The van der Waals surface area contributed by atoms with E-state index in [2.05, 4.69) is 33.7 Å². The van der Waals surface area contributed by atoms with E-state index in [1.165, 1.54) is 29.2 Å². The molecule has 3 heterocycles. The quantitative estimate of drug-likeness (QED) is 0.597. The monoisotopic (exact) mass is 295 g/mol. The number of nitrogens with zero attached hydrogens (tertiary/aromatic N) is 2. The molecule has 1 aliphatic rings. The molecule has 0 amide bonds. The van der Waals surface area contributed by atoms with E-state index < -0.39 is 0 Å². The highest BCUT2D eigenvalue weighted by atomic mass is 32.2. The Hall–Kier alpha value is -1.05. The maximum Gasteiger partial charge on any atom is 0.240 e. The lowest BCUT2D eigenvalue weighted by Gasteiger charge is -2.23. The Balaban J connectivity index is 1.95. The number of fused-ring (bicyclic) bond motifs is 1. The fourth-order valence-electron chi connectivity index (χ4n) is 2.25. The molecule has 4 N–H and O–H groups in total. The second-order valence-corrected chi connectivity index (χ2v) is 7.11. The van der Waals surface area contributed by atoms with Gasteiger partial charge in [0.2, 0.25) is 5.95 Å². The van der Waals surface area contributed by atoms with E-state index in [0.717, 1.165) is 16.0 Å². The van der Waals surface area contributed by atoms with Crippen molar-refractivity contribution in [2.45, 2.75) is 25.8 Å². The summed E-state index contributed by atoms with van der Waals surface area (Å²) < 4.78 is 0. The molecule has 102 valence electrons. The zero-order valence-corrected chi connectivity index (χ0v) is 12.4. The van der Waals surface area contributed by atoms with Crippen molar-refractivity contribution in [1.82, 2.24) is 9.97 Å². The molecule has 7 heteroatoms. The number of anilines is 2. The summed E-state index contributed by atoms with van der Waals surface area (Å²) in [5.41, 5.74) is 2.55. The van der Waals surface area contributed by atoms with Gasteiger partial charge in [0.15, 0.2) is 0 Å². The number of thiophene rings is 1. The zero-order valence-electron chi connectivity index (χ0n) is 10.8. The second kappa shape index (κ2) is 5.52. The normalized spacial score (nSPS) is 16.7. The molecular weight excluding hydrogens is 278 g/mol. The SMILES string of the molecule is Cc1cc2c(NC3CCSCC3)nc(NN)nc2s1. The molecule has 0 unspecified atom stereocenters. The Kier molecular flexibility index (Phi) is 3.76. The minimum atomic E-state index is 0.474. The summed E-state index contributed by atoms with van der Waals surface area (Å²) >= 11 is 3.69. The number of rotatable bonds is 3. The van der Waals surface area contributed by atoms with Gasteiger partial charge in [0.05, 0.1) is 5.39 Å². The van der Waals surface area contributed by atoms with Crippen LogP contribution < -0.4 is 16.6 Å². The third-order valence-corrected chi connectivity index (χ3v) is 5.20. The van der Waals surface area contributed by atoms with Gasteiger partial charge in [-0.1, -0.05) is 0 Å². The molecule has 2 aromatic heterocycles. The van der Waals surface area contributed by atoms with E-state index in [0.29, 0.717) is 12.0 Å². The van der Waals surface area contributed by atoms with E-state index >= 15 is 0 Å². The summed E-state index contributed by atoms with van der Waals surface area (Å²) in [6, 6.07) is 2.64. The van der Waals surface area contributed by atoms with E-state index in [-0.39, 0.29) is 0 Å². The predicted molar refractivity (Wildman–Crippen MR) is 83.9 cm³/mol. The Labute approximate surface area is 120 Å². The van der Waals surface area contributed by atoms with Gasteiger partial charge in [0.1, 0.15) is 10.6 Å². The first-order valence-electron chi connectivity index (χ1n) is 6.35. The predicted octanol–water partition coefficient (Wildman–Crippen LogP) is 2.59. The van der Waals surface area contributed by atoms with Gasteiger partial charge < -0.3 is 5.32 Å². The van der Waals surface area contributed by atoms with Crippen LogP contribution >= 0.6 is 23.1 Å². The average Bonchev–Trinajstić information content (AvgIpc) is 2.80. The number of hydrogen-bond donors (Lipinski definition) is 3. The number of thioether (sulfide) groups is 1. The first-order chi connectivity index (χ1) is 9.26. The molecule has 0 saturated carbocycles. The van der Waals surface area contributed by atoms with Gasteiger partial charge in [-0.25, -0.2) is 10.8 Å². The van der Waals surface area contributed by atoms with Gasteiger partial charge in [-0.2, -0.15) is 16.7 Å². The van der Waals surface area contributed by atoms with E-state index in [4.69, 9.17) is 5.84 Å². The molecule has 0 atom stereocenters. The van der Waals surface area contributed by atoms with Gasteiger partial charge in [0, 0.05) is 10.9 Å². The minimum absolute atomic E-state index is 0.474. The molecule has 0 radical (unpaired) electrons. The van der Waals surface area contributed by atoms with Crippen molar-refractivity contribution in [1.29, 1.82) is 0 Å². The average molecular weight is 295 g/mol. The minimum Gasteiger partial charge on any atom is -0.367 e. The highest BCUT2D eigenvalue weighted by Crippen LogP contribution is 2.31. The van der Waals surface area contributed by atoms with Gasteiger partial charge in [-0.3, -0.25) is 5.43 Å². The van der Waals surface area contributed by atoms with Crippen molar-refractivity contribution in [3.63, 3.8) is 0 Å². The highest BCUT2D eigenvalue weighted by Gasteiger charge is 2.17. The van der Waals surface area contributed by atoms with Crippen LogP contribution in [0.1, 0.15) is 17.7 Å². The molecule has 3 rings (SSSR count). The number of hydrogen-bond acceptors (Lipinski definition) is 7. The maximum atomic E-state index is 5.45. The summed E-state index contributed by atoms with van der Waals surface area (Å²) in [5.74, 6) is 9.26. The van der Waals surface area contributed by atoms with Crippen LogP contribution in [0.25, 0.3) is 10.2 Å². The van der Waals surface area contributed by atoms with Crippen LogP contribution in [0.5, 0.6) is 0 Å². The summed E-state index contributed by atoms with van der Waals surface area (Å²) in [6.07, 6.45) is 2.37. The number of aryl methyl sites for hydroxylation is 1. The summed E-state index contributed by atoms with van der Waals surface area (Å²) in [5, 5.41) is 4.66. The molecule has 2 aromatic rings. The van der Waals surface area contributed by atoms with E-state index in [1.807, 2.05) is 11.8 Å². The molecule has 0 aliphatic carbocycles. The van der Waals surface area contributed by atoms with Crippen LogP contribution in [0.3, 0.4) is 0 Å². The van der Waals surface area contributed by atoms with E-state index in [1.54, 1.807) is 11.3 Å². The molecule has 0 aromatic carbocycles.